The molecular formula is C11H10BrClFNS. The average molecular weight is 323 g/mol. The molecule has 1 atom stereocenters. The molecule has 2 N–H and O–H groups in total. The van der Waals surface area contributed by atoms with E-state index >= 15 is 0 Å². The first-order chi connectivity index (χ1) is 7.18. The summed E-state index contributed by atoms with van der Waals surface area (Å²) in [7, 11) is 0. The summed E-state index contributed by atoms with van der Waals surface area (Å²) < 4.78 is 13.9. The molecule has 0 spiro atoms. The van der Waals surface area contributed by atoms with Crippen LogP contribution in [0.3, 0.4) is 0 Å². The highest BCUT2D eigenvalue weighted by atomic mass is 79.9. The maximum atomic E-state index is 13.1. The van der Waals surface area contributed by atoms with E-state index in [1.165, 1.54) is 12.1 Å². The standard InChI is InChI=1S/C11H9BrFNS.ClH/c12-9-4-3-7(13)6-8(9)11(14)10-2-1-5-15-10;/h1-6,11H,14H2;1H/t11-;/m1./s1. The Balaban J connectivity index is 0.00000128. The second kappa shape index (κ2) is 5.77. The Bertz CT molecular complexity index is 461. The van der Waals surface area contributed by atoms with Gasteiger partial charge in [-0.15, -0.1) is 23.7 Å². The summed E-state index contributed by atoms with van der Waals surface area (Å²) in [6, 6.07) is 8.18. The van der Waals surface area contributed by atoms with Crippen molar-refractivity contribution in [3.05, 3.63) is 56.4 Å². The van der Waals surface area contributed by atoms with E-state index in [-0.39, 0.29) is 24.3 Å². The van der Waals surface area contributed by atoms with Gasteiger partial charge in [-0.3, -0.25) is 0 Å². The average Bonchev–Trinajstić information content (AvgIpc) is 2.74. The highest BCUT2D eigenvalue weighted by molar-refractivity contribution is 9.10. The molecular weight excluding hydrogens is 313 g/mol. The van der Waals surface area contributed by atoms with Gasteiger partial charge in [0.25, 0.3) is 0 Å². The van der Waals surface area contributed by atoms with E-state index in [4.69, 9.17) is 5.73 Å². The fourth-order valence-electron chi connectivity index (χ4n) is 1.37. The molecule has 0 fully saturated rings. The summed E-state index contributed by atoms with van der Waals surface area (Å²) in [6.45, 7) is 0. The number of thiophene rings is 1. The number of nitrogens with two attached hydrogens (primary N) is 1. The molecule has 1 heterocycles. The van der Waals surface area contributed by atoms with Gasteiger partial charge in [0.15, 0.2) is 0 Å². The summed E-state index contributed by atoms with van der Waals surface area (Å²) in [6.07, 6.45) is 0. The Hall–Kier alpha value is -0.420. The molecule has 0 bridgehead atoms. The minimum atomic E-state index is -0.268. The topological polar surface area (TPSA) is 26.0 Å². The van der Waals surface area contributed by atoms with Crippen LogP contribution in [0.1, 0.15) is 16.5 Å². The lowest BCUT2D eigenvalue weighted by Gasteiger charge is -2.12. The summed E-state index contributed by atoms with van der Waals surface area (Å²) >= 11 is 4.95. The third kappa shape index (κ3) is 2.83. The summed E-state index contributed by atoms with van der Waals surface area (Å²) in [5.74, 6) is -0.264. The number of hydrogen-bond donors (Lipinski definition) is 1. The molecule has 0 aliphatic carbocycles. The molecule has 1 aromatic heterocycles. The van der Waals surface area contributed by atoms with Crippen molar-refractivity contribution in [2.24, 2.45) is 5.73 Å². The Morgan fingerprint density at radius 1 is 1.31 bits per heavy atom. The fraction of sp³-hybridized carbons (Fsp3) is 0.0909. The van der Waals surface area contributed by atoms with Gasteiger partial charge in [0, 0.05) is 9.35 Å². The Labute approximate surface area is 112 Å². The minimum absolute atomic E-state index is 0. The minimum Gasteiger partial charge on any atom is -0.320 e. The molecule has 0 saturated carbocycles. The maximum Gasteiger partial charge on any atom is 0.123 e. The lowest BCUT2D eigenvalue weighted by Crippen LogP contribution is -2.11. The number of hydrogen-bond acceptors (Lipinski definition) is 2. The van der Waals surface area contributed by atoms with Crippen LogP contribution in [0.2, 0.25) is 0 Å². The van der Waals surface area contributed by atoms with Crippen LogP contribution < -0.4 is 5.73 Å². The zero-order chi connectivity index (χ0) is 10.8. The van der Waals surface area contributed by atoms with Crippen molar-refractivity contribution >= 4 is 39.7 Å². The smallest absolute Gasteiger partial charge is 0.123 e. The van der Waals surface area contributed by atoms with E-state index in [9.17, 15) is 4.39 Å². The molecule has 5 heteroatoms. The Morgan fingerprint density at radius 3 is 2.69 bits per heavy atom. The van der Waals surface area contributed by atoms with Crippen molar-refractivity contribution < 1.29 is 4.39 Å². The van der Waals surface area contributed by atoms with Gasteiger partial charge in [-0.05, 0) is 35.2 Å². The van der Waals surface area contributed by atoms with Crippen molar-refractivity contribution in [2.45, 2.75) is 6.04 Å². The quantitative estimate of drug-likeness (QED) is 0.884. The SMILES string of the molecule is Cl.N[C@@H](c1cccs1)c1cc(F)ccc1Br. The molecule has 1 aromatic carbocycles. The summed E-state index contributed by atoms with van der Waals surface area (Å²) in [5, 5.41) is 1.96. The molecule has 0 amide bonds. The Kier molecular flexibility index (Phi) is 4.92. The van der Waals surface area contributed by atoms with E-state index in [1.54, 1.807) is 17.4 Å². The van der Waals surface area contributed by atoms with Gasteiger partial charge < -0.3 is 5.73 Å². The van der Waals surface area contributed by atoms with E-state index in [0.717, 1.165) is 14.9 Å². The first-order valence-electron chi connectivity index (χ1n) is 4.42. The van der Waals surface area contributed by atoms with Crippen LogP contribution in [0.25, 0.3) is 0 Å². The second-order valence-corrected chi connectivity index (χ2v) is 4.99. The predicted molar refractivity (Wildman–Crippen MR) is 71.7 cm³/mol. The van der Waals surface area contributed by atoms with Crippen LogP contribution >= 0.6 is 39.7 Å². The first kappa shape index (κ1) is 13.6. The van der Waals surface area contributed by atoms with Gasteiger partial charge in [-0.1, -0.05) is 22.0 Å². The third-order valence-corrected chi connectivity index (χ3v) is 3.82. The van der Waals surface area contributed by atoms with Crippen LogP contribution in [-0.2, 0) is 0 Å². The zero-order valence-corrected chi connectivity index (χ0v) is 11.4. The largest absolute Gasteiger partial charge is 0.320 e. The van der Waals surface area contributed by atoms with E-state index in [1.807, 2.05) is 17.5 Å². The van der Waals surface area contributed by atoms with Crippen LogP contribution in [0.5, 0.6) is 0 Å². The number of halogens is 3. The molecule has 2 aromatic rings. The molecule has 0 saturated heterocycles. The third-order valence-electron chi connectivity index (χ3n) is 2.14. The van der Waals surface area contributed by atoms with Crippen molar-refractivity contribution in [3.63, 3.8) is 0 Å². The maximum absolute atomic E-state index is 13.1. The van der Waals surface area contributed by atoms with Crippen molar-refractivity contribution in [1.82, 2.24) is 0 Å². The lowest BCUT2D eigenvalue weighted by molar-refractivity contribution is 0.623. The lowest BCUT2D eigenvalue weighted by atomic mass is 10.1. The van der Waals surface area contributed by atoms with Gasteiger partial charge in [0.05, 0.1) is 6.04 Å². The van der Waals surface area contributed by atoms with Crippen LogP contribution in [0.4, 0.5) is 4.39 Å². The van der Waals surface area contributed by atoms with Crippen molar-refractivity contribution in [3.8, 4) is 0 Å². The second-order valence-electron chi connectivity index (χ2n) is 3.16. The van der Waals surface area contributed by atoms with Gasteiger partial charge in [-0.25, -0.2) is 4.39 Å². The number of benzene rings is 1. The molecule has 0 aliphatic heterocycles. The molecule has 86 valence electrons. The highest BCUT2D eigenvalue weighted by Gasteiger charge is 2.13. The van der Waals surface area contributed by atoms with Crippen LogP contribution in [0, 0.1) is 5.82 Å². The highest BCUT2D eigenvalue weighted by Crippen LogP contribution is 2.29. The molecule has 1 nitrogen and oxygen atoms in total. The van der Waals surface area contributed by atoms with E-state index < -0.39 is 0 Å². The van der Waals surface area contributed by atoms with Gasteiger partial charge in [0.1, 0.15) is 5.82 Å². The number of rotatable bonds is 2. The van der Waals surface area contributed by atoms with Crippen LogP contribution in [0.15, 0.2) is 40.2 Å². The van der Waals surface area contributed by atoms with Crippen molar-refractivity contribution in [1.29, 1.82) is 0 Å². The van der Waals surface area contributed by atoms with Gasteiger partial charge in [-0.2, -0.15) is 0 Å². The van der Waals surface area contributed by atoms with Gasteiger partial charge in [0.2, 0.25) is 0 Å². The van der Waals surface area contributed by atoms with Crippen molar-refractivity contribution in [2.75, 3.05) is 0 Å². The monoisotopic (exact) mass is 321 g/mol. The zero-order valence-electron chi connectivity index (χ0n) is 8.19. The van der Waals surface area contributed by atoms with Gasteiger partial charge >= 0.3 is 0 Å². The van der Waals surface area contributed by atoms with Crippen LogP contribution in [-0.4, -0.2) is 0 Å². The predicted octanol–water partition coefficient (Wildman–Crippen LogP) is 4.12. The summed E-state index contributed by atoms with van der Waals surface area (Å²) in [4.78, 5) is 1.03. The normalized spacial score (nSPS) is 11.9. The fourth-order valence-corrected chi connectivity index (χ4v) is 2.61. The molecule has 0 unspecified atom stereocenters. The molecule has 16 heavy (non-hydrogen) atoms. The first-order valence-corrected chi connectivity index (χ1v) is 6.09. The van der Waals surface area contributed by atoms with E-state index in [2.05, 4.69) is 15.9 Å². The molecule has 0 radical (unpaired) electrons. The molecule has 2 rings (SSSR count). The van der Waals surface area contributed by atoms with E-state index in [0.29, 0.717) is 0 Å². The molecule has 0 aliphatic rings. The Morgan fingerprint density at radius 2 is 2.06 bits per heavy atom. The summed E-state index contributed by atoms with van der Waals surface area (Å²) in [5.41, 5.74) is 6.82.